The average molecular weight is 260 g/mol. The summed E-state index contributed by atoms with van der Waals surface area (Å²) in [6.45, 7) is 7.60. The van der Waals surface area contributed by atoms with E-state index in [2.05, 4.69) is 0 Å². The minimum Gasteiger partial charge on any atom is -0.306 e. The normalized spacial score (nSPS) is 20.0. The van der Waals surface area contributed by atoms with Gasteiger partial charge in [-0.25, -0.2) is 4.79 Å². The van der Waals surface area contributed by atoms with Gasteiger partial charge in [-0.05, 0) is 33.3 Å². The molecule has 1 aliphatic rings. The van der Waals surface area contributed by atoms with Crippen LogP contribution in [0.3, 0.4) is 0 Å². The number of benzene rings is 1. The highest BCUT2D eigenvalue weighted by atomic mass is 16.2. The van der Waals surface area contributed by atoms with Crippen molar-refractivity contribution in [3.05, 3.63) is 35.9 Å². The van der Waals surface area contributed by atoms with E-state index >= 15 is 0 Å². The van der Waals surface area contributed by atoms with Crippen LogP contribution >= 0.6 is 0 Å². The van der Waals surface area contributed by atoms with Crippen LogP contribution in [0.5, 0.6) is 0 Å². The van der Waals surface area contributed by atoms with Crippen molar-refractivity contribution in [1.82, 2.24) is 9.80 Å². The molecule has 1 saturated heterocycles. The van der Waals surface area contributed by atoms with Crippen LogP contribution in [0.15, 0.2) is 30.3 Å². The molecule has 0 saturated carbocycles. The van der Waals surface area contributed by atoms with E-state index in [1.165, 1.54) is 4.90 Å². The molecule has 0 bridgehead atoms. The molecule has 1 unspecified atom stereocenters. The Labute approximate surface area is 114 Å². The van der Waals surface area contributed by atoms with E-state index < -0.39 is 6.04 Å². The zero-order valence-corrected chi connectivity index (χ0v) is 11.8. The summed E-state index contributed by atoms with van der Waals surface area (Å²) in [6.07, 6.45) is 0. The zero-order valence-electron chi connectivity index (χ0n) is 11.8. The molecule has 0 aromatic heterocycles. The lowest BCUT2D eigenvalue weighted by molar-refractivity contribution is -0.129. The zero-order chi connectivity index (χ0) is 14.2. The van der Waals surface area contributed by atoms with Gasteiger partial charge >= 0.3 is 6.03 Å². The van der Waals surface area contributed by atoms with Crippen LogP contribution in [0.2, 0.25) is 0 Å². The van der Waals surface area contributed by atoms with Crippen molar-refractivity contribution in [2.24, 2.45) is 0 Å². The van der Waals surface area contributed by atoms with Gasteiger partial charge in [-0.2, -0.15) is 0 Å². The Kier molecular flexibility index (Phi) is 3.60. The van der Waals surface area contributed by atoms with E-state index in [1.807, 2.05) is 58.0 Å². The fourth-order valence-electron chi connectivity index (χ4n) is 2.51. The van der Waals surface area contributed by atoms with E-state index in [4.69, 9.17) is 0 Å². The summed E-state index contributed by atoms with van der Waals surface area (Å²) in [5, 5.41) is 0. The monoisotopic (exact) mass is 260 g/mol. The van der Waals surface area contributed by atoms with Crippen molar-refractivity contribution in [2.45, 2.75) is 45.8 Å². The quantitative estimate of drug-likeness (QED) is 0.784. The molecular formula is C15H20N2O2. The standard InChI is InChI=1S/C15H20N2O2/c1-10(2)16-13(12-8-6-5-7-9-12)14(18)17(11(3)4)15(16)19/h5-11,13H,1-4H3. The number of nitrogens with zero attached hydrogens (tertiary/aromatic N) is 2. The Hall–Kier alpha value is -1.84. The average Bonchev–Trinajstić information content (AvgIpc) is 2.61. The van der Waals surface area contributed by atoms with E-state index in [0.29, 0.717) is 0 Å². The summed E-state index contributed by atoms with van der Waals surface area (Å²) in [7, 11) is 0. The second kappa shape index (κ2) is 5.03. The first-order valence-corrected chi connectivity index (χ1v) is 6.65. The number of hydrogen-bond donors (Lipinski definition) is 0. The maximum Gasteiger partial charge on any atom is 0.328 e. The lowest BCUT2D eigenvalue weighted by Crippen LogP contribution is -2.40. The van der Waals surface area contributed by atoms with E-state index in [-0.39, 0.29) is 24.0 Å². The van der Waals surface area contributed by atoms with Crippen molar-refractivity contribution in [3.63, 3.8) is 0 Å². The van der Waals surface area contributed by atoms with Gasteiger partial charge in [0.1, 0.15) is 6.04 Å². The van der Waals surface area contributed by atoms with E-state index in [0.717, 1.165) is 5.56 Å². The van der Waals surface area contributed by atoms with Gasteiger partial charge in [-0.3, -0.25) is 9.69 Å². The van der Waals surface area contributed by atoms with Crippen LogP contribution in [0, 0.1) is 0 Å². The molecule has 0 aliphatic carbocycles. The van der Waals surface area contributed by atoms with Crippen molar-refractivity contribution < 1.29 is 9.59 Å². The third-order valence-corrected chi connectivity index (χ3v) is 3.36. The predicted octanol–water partition coefficient (Wildman–Crippen LogP) is 2.81. The van der Waals surface area contributed by atoms with Crippen LogP contribution in [0.1, 0.15) is 39.3 Å². The van der Waals surface area contributed by atoms with Crippen molar-refractivity contribution in [3.8, 4) is 0 Å². The van der Waals surface area contributed by atoms with Gasteiger partial charge in [-0.1, -0.05) is 30.3 Å². The summed E-state index contributed by atoms with van der Waals surface area (Å²) in [4.78, 5) is 28.0. The van der Waals surface area contributed by atoms with Crippen LogP contribution in [-0.4, -0.2) is 33.8 Å². The van der Waals surface area contributed by atoms with E-state index in [1.54, 1.807) is 4.90 Å². The lowest BCUT2D eigenvalue weighted by atomic mass is 10.0. The van der Waals surface area contributed by atoms with Crippen LogP contribution in [0.4, 0.5) is 4.79 Å². The molecule has 1 aliphatic heterocycles. The molecule has 1 fully saturated rings. The Balaban J connectivity index is 2.46. The number of rotatable bonds is 3. The summed E-state index contributed by atoms with van der Waals surface area (Å²) < 4.78 is 0. The highest BCUT2D eigenvalue weighted by molar-refractivity contribution is 6.05. The van der Waals surface area contributed by atoms with Gasteiger partial charge < -0.3 is 4.90 Å². The maximum atomic E-state index is 12.5. The van der Waals surface area contributed by atoms with Crippen molar-refractivity contribution in [2.75, 3.05) is 0 Å². The van der Waals surface area contributed by atoms with E-state index in [9.17, 15) is 9.59 Å². The highest BCUT2D eigenvalue weighted by Gasteiger charge is 2.47. The van der Waals surface area contributed by atoms with Gasteiger partial charge in [0.15, 0.2) is 0 Å². The van der Waals surface area contributed by atoms with Gasteiger partial charge in [0.25, 0.3) is 5.91 Å². The fourth-order valence-corrected chi connectivity index (χ4v) is 2.51. The Morgan fingerprint density at radius 3 is 2.00 bits per heavy atom. The van der Waals surface area contributed by atoms with Crippen LogP contribution in [-0.2, 0) is 4.79 Å². The number of amides is 3. The molecule has 1 aromatic rings. The van der Waals surface area contributed by atoms with Crippen LogP contribution < -0.4 is 0 Å². The number of imide groups is 1. The Morgan fingerprint density at radius 1 is 0.947 bits per heavy atom. The summed E-state index contributed by atoms with van der Waals surface area (Å²) >= 11 is 0. The minimum absolute atomic E-state index is 0.00888. The molecule has 4 nitrogen and oxygen atoms in total. The molecule has 2 rings (SSSR count). The first-order chi connectivity index (χ1) is 8.95. The number of urea groups is 1. The molecular weight excluding hydrogens is 240 g/mol. The third kappa shape index (κ3) is 2.23. The molecule has 102 valence electrons. The van der Waals surface area contributed by atoms with Gasteiger partial charge in [0.05, 0.1) is 0 Å². The first-order valence-electron chi connectivity index (χ1n) is 6.65. The summed E-state index contributed by atoms with van der Waals surface area (Å²) in [6, 6.07) is 8.68. The van der Waals surface area contributed by atoms with Gasteiger partial charge in [0.2, 0.25) is 0 Å². The summed E-state index contributed by atoms with van der Waals surface area (Å²) in [5.74, 6) is -0.125. The number of carbonyl (C=O) groups excluding carboxylic acids is 2. The molecule has 0 spiro atoms. The van der Waals surface area contributed by atoms with Crippen molar-refractivity contribution >= 4 is 11.9 Å². The molecule has 1 heterocycles. The van der Waals surface area contributed by atoms with Gasteiger partial charge in [-0.15, -0.1) is 0 Å². The molecule has 1 atom stereocenters. The van der Waals surface area contributed by atoms with Gasteiger partial charge in [0, 0.05) is 12.1 Å². The fraction of sp³-hybridized carbons (Fsp3) is 0.467. The SMILES string of the molecule is CC(C)N1C(=O)C(c2ccccc2)N(C(C)C)C1=O. The summed E-state index contributed by atoms with van der Waals surface area (Å²) in [5.41, 5.74) is 0.873. The molecule has 0 N–H and O–H groups in total. The molecule has 4 heteroatoms. The highest BCUT2D eigenvalue weighted by Crippen LogP contribution is 2.33. The predicted molar refractivity (Wildman–Crippen MR) is 73.5 cm³/mol. The first kappa shape index (κ1) is 13.6. The topological polar surface area (TPSA) is 40.6 Å². The lowest BCUT2D eigenvalue weighted by Gasteiger charge is -2.26. The third-order valence-electron chi connectivity index (χ3n) is 3.36. The molecule has 1 aromatic carbocycles. The molecule has 0 radical (unpaired) electrons. The number of carbonyl (C=O) groups is 2. The Bertz CT molecular complexity index is 482. The number of hydrogen-bond acceptors (Lipinski definition) is 2. The maximum absolute atomic E-state index is 12.5. The largest absolute Gasteiger partial charge is 0.328 e. The minimum atomic E-state index is -0.490. The second-order valence-corrected chi connectivity index (χ2v) is 5.40. The van der Waals surface area contributed by atoms with Crippen LogP contribution in [0.25, 0.3) is 0 Å². The molecule has 19 heavy (non-hydrogen) atoms. The van der Waals surface area contributed by atoms with Crippen molar-refractivity contribution in [1.29, 1.82) is 0 Å². The smallest absolute Gasteiger partial charge is 0.306 e. The Morgan fingerprint density at radius 2 is 1.53 bits per heavy atom. The molecule has 3 amide bonds. The second-order valence-electron chi connectivity index (χ2n) is 5.40.